The molecule has 0 radical (unpaired) electrons. The summed E-state index contributed by atoms with van der Waals surface area (Å²) in [4.78, 5) is 7.71. The fraction of sp³-hybridized carbons (Fsp3) is 0.0556. The number of rotatable bonds is 3. The number of phenols is 1. The second-order valence-corrected chi connectivity index (χ2v) is 6.41. The molecule has 5 heteroatoms. The third kappa shape index (κ3) is 2.75. The molecule has 4 nitrogen and oxygen atoms in total. The molecule has 2 heterocycles. The third-order valence-electron chi connectivity index (χ3n) is 3.83. The fourth-order valence-corrected chi connectivity index (χ4v) is 3.14. The van der Waals surface area contributed by atoms with E-state index in [1.807, 2.05) is 24.4 Å². The summed E-state index contributed by atoms with van der Waals surface area (Å²) in [5, 5.41) is 10.8. The average Bonchev–Trinajstić information content (AvgIpc) is 3.13. The molecule has 0 fully saturated rings. The van der Waals surface area contributed by atoms with Gasteiger partial charge in [0, 0.05) is 21.9 Å². The SMILES string of the molecule is Oc1cccc(Cn2cncc2-c2cc3cc(Br)ccc3[nH]2)c1. The van der Waals surface area contributed by atoms with E-state index >= 15 is 0 Å². The van der Waals surface area contributed by atoms with Gasteiger partial charge in [-0.05, 0) is 42.0 Å². The van der Waals surface area contributed by atoms with Crippen LogP contribution in [0, 0.1) is 0 Å². The number of nitrogens with one attached hydrogen (secondary N) is 1. The van der Waals surface area contributed by atoms with Gasteiger partial charge in [-0.2, -0.15) is 0 Å². The summed E-state index contributed by atoms with van der Waals surface area (Å²) < 4.78 is 3.12. The molecule has 2 N–H and O–H groups in total. The Hall–Kier alpha value is -2.53. The Morgan fingerprint density at radius 1 is 1.13 bits per heavy atom. The van der Waals surface area contributed by atoms with Crippen molar-refractivity contribution in [2.24, 2.45) is 0 Å². The summed E-state index contributed by atoms with van der Waals surface area (Å²) in [6.45, 7) is 0.656. The van der Waals surface area contributed by atoms with E-state index in [1.165, 1.54) is 0 Å². The molecule has 2 aromatic heterocycles. The van der Waals surface area contributed by atoms with Gasteiger partial charge in [-0.3, -0.25) is 0 Å². The summed E-state index contributed by atoms with van der Waals surface area (Å²) in [6.07, 6.45) is 3.66. The average molecular weight is 368 g/mol. The molecule has 2 aromatic carbocycles. The number of aromatic nitrogens is 3. The summed E-state index contributed by atoms with van der Waals surface area (Å²) in [7, 11) is 0. The molecule has 0 aliphatic heterocycles. The van der Waals surface area contributed by atoms with Crippen LogP contribution in [0.25, 0.3) is 22.3 Å². The molecular weight excluding hydrogens is 354 g/mol. The Labute approximate surface area is 141 Å². The highest BCUT2D eigenvalue weighted by atomic mass is 79.9. The predicted octanol–water partition coefficient (Wildman–Crippen LogP) is 4.55. The van der Waals surface area contributed by atoms with E-state index < -0.39 is 0 Å². The summed E-state index contributed by atoms with van der Waals surface area (Å²) in [6, 6.07) is 15.6. The second kappa shape index (κ2) is 5.59. The third-order valence-corrected chi connectivity index (χ3v) is 4.33. The van der Waals surface area contributed by atoms with Gasteiger partial charge in [-0.15, -0.1) is 0 Å². The highest BCUT2D eigenvalue weighted by Gasteiger charge is 2.09. The first-order valence-corrected chi connectivity index (χ1v) is 8.05. The van der Waals surface area contributed by atoms with Crippen LogP contribution in [-0.4, -0.2) is 19.6 Å². The van der Waals surface area contributed by atoms with Gasteiger partial charge in [0.1, 0.15) is 5.75 Å². The largest absolute Gasteiger partial charge is 0.508 e. The van der Waals surface area contributed by atoms with Gasteiger partial charge in [-0.1, -0.05) is 28.1 Å². The van der Waals surface area contributed by atoms with Crippen molar-refractivity contribution in [3.05, 3.63) is 71.1 Å². The predicted molar refractivity (Wildman–Crippen MR) is 94.4 cm³/mol. The van der Waals surface area contributed by atoms with Crippen molar-refractivity contribution in [2.75, 3.05) is 0 Å². The maximum Gasteiger partial charge on any atom is 0.115 e. The molecule has 0 amide bonds. The van der Waals surface area contributed by atoms with Gasteiger partial charge in [0.15, 0.2) is 0 Å². The van der Waals surface area contributed by atoms with Crippen LogP contribution < -0.4 is 0 Å². The summed E-state index contributed by atoms with van der Waals surface area (Å²) in [5.74, 6) is 0.277. The van der Waals surface area contributed by atoms with Gasteiger partial charge in [0.2, 0.25) is 0 Å². The van der Waals surface area contributed by atoms with Crippen molar-refractivity contribution in [3.63, 3.8) is 0 Å². The van der Waals surface area contributed by atoms with Crippen LogP contribution in [0.4, 0.5) is 0 Å². The van der Waals surface area contributed by atoms with Crippen molar-refractivity contribution >= 4 is 26.8 Å². The Bertz CT molecular complexity index is 987. The Morgan fingerprint density at radius 3 is 2.91 bits per heavy atom. The number of imidazole rings is 1. The summed E-state index contributed by atoms with van der Waals surface area (Å²) >= 11 is 3.50. The van der Waals surface area contributed by atoms with E-state index in [0.717, 1.165) is 32.3 Å². The number of hydrogen-bond donors (Lipinski definition) is 2. The lowest BCUT2D eigenvalue weighted by molar-refractivity contribution is 0.474. The minimum atomic E-state index is 0.277. The van der Waals surface area contributed by atoms with Crippen molar-refractivity contribution in [3.8, 4) is 17.1 Å². The second-order valence-electron chi connectivity index (χ2n) is 5.49. The van der Waals surface area contributed by atoms with E-state index in [4.69, 9.17) is 0 Å². The Morgan fingerprint density at radius 2 is 2.04 bits per heavy atom. The number of halogens is 1. The zero-order valence-electron chi connectivity index (χ0n) is 12.2. The molecule has 114 valence electrons. The van der Waals surface area contributed by atoms with Gasteiger partial charge in [0.25, 0.3) is 0 Å². The van der Waals surface area contributed by atoms with Crippen molar-refractivity contribution in [1.29, 1.82) is 0 Å². The van der Waals surface area contributed by atoms with Gasteiger partial charge >= 0.3 is 0 Å². The number of H-pyrrole nitrogens is 1. The van der Waals surface area contributed by atoms with Crippen LogP contribution in [0.2, 0.25) is 0 Å². The highest BCUT2D eigenvalue weighted by Crippen LogP contribution is 2.27. The molecule has 4 rings (SSSR count). The van der Waals surface area contributed by atoms with Gasteiger partial charge in [-0.25, -0.2) is 4.98 Å². The molecule has 0 unspecified atom stereocenters. The zero-order valence-corrected chi connectivity index (χ0v) is 13.8. The van der Waals surface area contributed by atoms with Crippen LogP contribution in [0.15, 0.2) is 65.5 Å². The molecule has 0 spiro atoms. The highest BCUT2D eigenvalue weighted by molar-refractivity contribution is 9.10. The minimum Gasteiger partial charge on any atom is -0.508 e. The smallest absolute Gasteiger partial charge is 0.115 e. The maximum absolute atomic E-state index is 9.61. The first kappa shape index (κ1) is 14.1. The molecule has 4 aromatic rings. The van der Waals surface area contributed by atoms with E-state index in [2.05, 4.69) is 48.7 Å². The van der Waals surface area contributed by atoms with Crippen molar-refractivity contribution in [1.82, 2.24) is 14.5 Å². The van der Waals surface area contributed by atoms with Gasteiger partial charge in [0.05, 0.1) is 23.9 Å². The summed E-state index contributed by atoms with van der Waals surface area (Å²) in [5.41, 5.74) is 4.16. The van der Waals surface area contributed by atoms with E-state index in [-0.39, 0.29) is 5.75 Å². The number of nitrogens with zero attached hydrogens (tertiary/aromatic N) is 2. The fourth-order valence-electron chi connectivity index (χ4n) is 2.76. The first-order valence-electron chi connectivity index (χ1n) is 7.26. The van der Waals surface area contributed by atoms with Crippen LogP contribution in [0.5, 0.6) is 5.75 Å². The number of aromatic amines is 1. The van der Waals surface area contributed by atoms with Crippen LogP contribution >= 0.6 is 15.9 Å². The quantitative estimate of drug-likeness (QED) is 0.558. The van der Waals surface area contributed by atoms with Crippen LogP contribution in [0.3, 0.4) is 0 Å². The lowest BCUT2D eigenvalue weighted by Crippen LogP contribution is -2.00. The molecule has 0 atom stereocenters. The standard InChI is InChI=1S/C18H14BrN3O/c19-14-4-5-16-13(7-14)8-17(21-16)18-9-20-11-22(18)10-12-2-1-3-15(23)6-12/h1-9,11,21,23H,10H2. The minimum absolute atomic E-state index is 0.277. The van der Waals surface area contributed by atoms with Crippen molar-refractivity contribution < 1.29 is 5.11 Å². The molecule has 0 aliphatic rings. The molecule has 0 bridgehead atoms. The van der Waals surface area contributed by atoms with Crippen molar-refractivity contribution in [2.45, 2.75) is 6.54 Å². The Balaban J connectivity index is 1.73. The first-order chi connectivity index (χ1) is 11.2. The lowest BCUT2D eigenvalue weighted by atomic mass is 10.2. The van der Waals surface area contributed by atoms with Crippen LogP contribution in [-0.2, 0) is 6.54 Å². The van der Waals surface area contributed by atoms with E-state index in [9.17, 15) is 5.11 Å². The Kier molecular flexibility index (Phi) is 3.42. The monoisotopic (exact) mass is 367 g/mol. The normalized spacial score (nSPS) is 11.2. The zero-order chi connectivity index (χ0) is 15.8. The number of fused-ring (bicyclic) bond motifs is 1. The van der Waals surface area contributed by atoms with E-state index in [0.29, 0.717) is 6.54 Å². The number of benzene rings is 2. The number of hydrogen-bond acceptors (Lipinski definition) is 2. The molecule has 0 saturated heterocycles. The van der Waals surface area contributed by atoms with Crippen LogP contribution in [0.1, 0.15) is 5.56 Å². The lowest BCUT2D eigenvalue weighted by Gasteiger charge is -2.07. The molecule has 0 saturated carbocycles. The van der Waals surface area contributed by atoms with E-state index in [1.54, 1.807) is 18.5 Å². The number of phenolic OH excluding ortho intramolecular Hbond substituents is 1. The molecule has 0 aliphatic carbocycles. The molecule has 23 heavy (non-hydrogen) atoms. The maximum atomic E-state index is 9.61. The number of aromatic hydroxyl groups is 1. The van der Waals surface area contributed by atoms with Gasteiger partial charge < -0.3 is 14.7 Å². The topological polar surface area (TPSA) is 53.8 Å². The molecular formula is C18H14BrN3O.